The largest absolute Gasteiger partial charge is 0.493 e. The molecule has 1 unspecified atom stereocenters. The smallest absolute Gasteiger partial charge is 0.161 e. The van der Waals surface area contributed by atoms with E-state index < -0.39 is 0 Å². The van der Waals surface area contributed by atoms with Gasteiger partial charge in [-0.05, 0) is 42.7 Å². The zero-order valence-corrected chi connectivity index (χ0v) is 12.4. The van der Waals surface area contributed by atoms with Gasteiger partial charge in [0.2, 0.25) is 0 Å². The van der Waals surface area contributed by atoms with Gasteiger partial charge in [-0.15, -0.1) is 0 Å². The molecule has 1 atom stereocenters. The van der Waals surface area contributed by atoms with Crippen LogP contribution in [-0.4, -0.2) is 14.2 Å². The normalized spacial score (nSPS) is 12.1. The van der Waals surface area contributed by atoms with Crippen LogP contribution in [0.15, 0.2) is 36.4 Å². The molecule has 20 heavy (non-hydrogen) atoms. The van der Waals surface area contributed by atoms with Crippen molar-refractivity contribution in [3.63, 3.8) is 0 Å². The Morgan fingerprint density at radius 2 is 1.45 bits per heavy atom. The van der Waals surface area contributed by atoms with Crippen LogP contribution in [0.4, 0.5) is 0 Å². The highest BCUT2D eigenvalue weighted by molar-refractivity contribution is 5.50. The molecular weight excluding hydrogens is 250 g/mol. The Kier molecular flexibility index (Phi) is 4.30. The van der Waals surface area contributed by atoms with Gasteiger partial charge in [0.25, 0.3) is 0 Å². The SMILES string of the molecule is COc1cc(C)c(C(N)c2ccc(C)cc2)cc1OC. The molecule has 3 nitrogen and oxygen atoms in total. The molecule has 0 saturated carbocycles. The van der Waals surface area contributed by atoms with Crippen LogP contribution in [0.25, 0.3) is 0 Å². The summed E-state index contributed by atoms with van der Waals surface area (Å²) in [7, 11) is 3.27. The molecule has 0 spiro atoms. The molecule has 0 aromatic heterocycles. The van der Waals surface area contributed by atoms with Gasteiger partial charge in [-0.1, -0.05) is 29.8 Å². The molecule has 2 aromatic rings. The maximum absolute atomic E-state index is 6.39. The zero-order chi connectivity index (χ0) is 14.7. The van der Waals surface area contributed by atoms with Crippen LogP contribution in [0.5, 0.6) is 11.5 Å². The minimum atomic E-state index is -0.171. The summed E-state index contributed by atoms with van der Waals surface area (Å²) >= 11 is 0. The van der Waals surface area contributed by atoms with Gasteiger partial charge in [0.1, 0.15) is 0 Å². The Hall–Kier alpha value is -2.00. The highest BCUT2D eigenvalue weighted by atomic mass is 16.5. The molecular formula is C17H21NO2. The van der Waals surface area contributed by atoms with Crippen LogP contribution >= 0.6 is 0 Å². The highest BCUT2D eigenvalue weighted by Gasteiger charge is 2.15. The number of benzene rings is 2. The van der Waals surface area contributed by atoms with Crippen molar-refractivity contribution in [3.05, 3.63) is 58.7 Å². The van der Waals surface area contributed by atoms with E-state index in [2.05, 4.69) is 31.2 Å². The standard InChI is InChI=1S/C17H21NO2/c1-11-5-7-13(8-6-11)17(18)14-10-16(20-4)15(19-3)9-12(14)2/h5-10,17H,18H2,1-4H3. The third-order valence-corrected chi connectivity index (χ3v) is 3.54. The van der Waals surface area contributed by atoms with Crippen molar-refractivity contribution in [2.24, 2.45) is 5.73 Å². The number of aryl methyl sites for hydroxylation is 2. The minimum Gasteiger partial charge on any atom is -0.493 e. The molecule has 2 rings (SSSR count). The molecule has 0 fully saturated rings. The fourth-order valence-corrected chi connectivity index (χ4v) is 2.28. The van der Waals surface area contributed by atoms with E-state index in [1.54, 1.807) is 14.2 Å². The van der Waals surface area contributed by atoms with Gasteiger partial charge in [-0.25, -0.2) is 0 Å². The molecule has 3 heteroatoms. The van der Waals surface area contributed by atoms with E-state index in [9.17, 15) is 0 Å². The van der Waals surface area contributed by atoms with Crippen LogP contribution in [0.3, 0.4) is 0 Å². The Balaban J connectivity index is 2.43. The first-order valence-electron chi connectivity index (χ1n) is 6.61. The second-order valence-electron chi connectivity index (χ2n) is 4.95. The summed E-state index contributed by atoms with van der Waals surface area (Å²) < 4.78 is 10.7. The van der Waals surface area contributed by atoms with Crippen LogP contribution in [0.2, 0.25) is 0 Å². The Bertz CT molecular complexity index is 591. The molecule has 0 radical (unpaired) electrons. The van der Waals surface area contributed by atoms with Crippen molar-refractivity contribution < 1.29 is 9.47 Å². The van der Waals surface area contributed by atoms with E-state index in [0.29, 0.717) is 5.75 Å². The van der Waals surface area contributed by atoms with Crippen LogP contribution in [0.1, 0.15) is 28.3 Å². The van der Waals surface area contributed by atoms with Crippen molar-refractivity contribution >= 4 is 0 Å². The first-order valence-corrected chi connectivity index (χ1v) is 6.61. The molecule has 0 saturated heterocycles. The molecule has 0 amide bonds. The second kappa shape index (κ2) is 5.97. The van der Waals surface area contributed by atoms with Gasteiger partial charge in [-0.3, -0.25) is 0 Å². The Labute approximate surface area is 120 Å². The van der Waals surface area contributed by atoms with E-state index in [0.717, 1.165) is 22.4 Å². The summed E-state index contributed by atoms with van der Waals surface area (Å²) in [6.45, 7) is 4.10. The maximum Gasteiger partial charge on any atom is 0.161 e. The number of hydrogen-bond acceptors (Lipinski definition) is 3. The predicted molar refractivity (Wildman–Crippen MR) is 81.5 cm³/mol. The van der Waals surface area contributed by atoms with Crippen molar-refractivity contribution in [2.75, 3.05) is 14.2 Å². The predicted octanol–water partition coefficient (Wildman–Crippen LogP) is 3.37. The monoisotopic (exact) mass is 271 g/mol. The third-order valence-electron chi connectivity index (χ3n) is 3.54. The average Bonchev–Trinajstić information content (AvgIpc) is 2.47. The number of methoxy groups -OCH3 is 2. The summed E-state index contributed by atoms with van der Waals surface area (Å²) in [6.07, 6.45) is 0. The summed E-state index contributed by atoms with van der Waals surface area (Å²) in [6, 6.07) is 12.0. The van der Waals surface area contributed by atoms with Crippen molar-refractivity contribution in [1.29, 1.82) is 0 Å². The van der Waals surface area contributed by atoms with Gasteiger partial charge >= 0.3 is 0 Å². The molecule has 0 aliphatic rings. The fourth-order valence-electron chi connectivity index (χ4n) is 2.28. The van der Waals surface area contributed by atoms with Gasteiger partial charge < -0.3 is 15.2 Å². The molecule has 106 valence electrons. The number of rotatable bonds is 4. The molecule has 2 aromatic carbocycles. The Morgan fingerprint density at radius 3 is 2.00 bits per heavy atom. The van der Waals surface area contributed by atoms with Crippen molar-refractivity contribution in [2.45, 2.75) is 19.9 Å². The minimum absolute atomic E-state index is 0.171. The molecule has 0 aliphatic carbocycles. The Morgan fingerprint density at radius 1 is 0.900 bits per heavy atom. The molecule has 0 aliphatic heterocycles. The van der Waals surface area contributed by atoms with E-state index in [-0.39, 0.29) is 6.04 Å². The lowest BCUT2D eigenvalue weighted by atomic mass is 9.94. The van der Waals surface area contributed by atoms with E-state index in [1.165, 1.54) is 5.56 Å². The van der Waals surface area contributed by atoms with Crippen molar-refractivity contribution in [3.8, 4) is 11.5 Å². The average molecular weight is 271 g/mol. The zero-order valence-electron chi connectivity index (χ0n) is 12.4. The van der Waals surface area contributed by atoms with Crippen LogP contribution in [0, 0.1) is 13.8 Å². The van der Waals surface area contributed by atoms with Crippen LogP contribution in [-0.2, 0) is 0 Å². The van der Waals surface area contributed by atoms with E-state index in [4.69, 9.17) is 15.2 Å². The molecule has 0 heterocycles. The van der Waals surface area contributed by atoms with Crippen LogP contribution < -0.4 is 15.2 Å². The summed E-state index contributed by atoms with van der Waals surface area (Å²) in [5.74, 6) is 1.43. The van der Waals surface area contributed by atoms with E-state index >= 15 is 0 Å². The van der Waals surface area contributed by atoms with Gasteiger partial charge in [0, 0.05) is 0 Å². The number of nitrogens with two attached hydrogens (primary N) is 1. The first kappa shape index (κ1) is 14.4. The van der Waals surface area contributed by atoms with Gasteiger partial charge in [0.15, 0.2) is 11.5 Å². The first-order chi connectivity index (χ1) is 9.56. The van der Waals surface area contributed by atoms with Gasteiger partial charge in [-0.2, -0.15) is 0 Å². The topological polar surface area (TPSA) is 44.5 Å². The number of hydrogen-bond donors (Lipinski definition) is 1. The van der Waals surface area contributed by atoms with E-state index in [1.807, 2.05) is 19.1 Å². The fraction of sp³-hybridized carbons (Fsp3) is 0.294. The number of ether oxygens (including phenoxy) is 2. The summed E-state index contributed by atoms with van der Waals surface area (Å²) in [5, 5.41) is 0. The lowest BCUT2D eigenvalue weighted by Gasteiger charge is -2.18. The highest BCUT2D eigenvalue weighted by Crippen LogP contribution is 2.34. The molecule has 2 N–H and O–H groups in total. The lowest BCUT2D eigenvalue weighted by molar-refractivity contribution is 0.354. The lowest BCUT2D eigenvalue weighted by Crippen LogP contribution is -2.13. The summed E-state index contributed by atoms with van der Waals surface area (Å²) in [5.41, 5.74) is 10.8. The summed E-state index contributed by atoms with van der Waals surface area (Å²) in [4.78, 5) is 0. The maximum atomic E-state index is 6.39. The quantitative estimate of drug-likeness (QED) is 0.927. The third kappa shape index (κ3) is 2.78. The van der Waals surface area contributed by atoms with Gasteiger partial charge in [0.05, 0.1) is 20.3 Å². The second-order valence-corrected chi connectivity index (χ2v) is 4.95. The molecule has 0 bridgehead atoms. The van der Waals surface area contributed by atoms with Crippen molar-refractivity contribution in [1.82, 2.24) is 0 Å².